The lowest BCUT2D eigenvalue weighted by atomic mass is 9.86. The van der Waals surface area contributed by atoms with Crippen LogP contribution in [0.2, 0.25) is 0 Å². The summed E-state index contributed by atoms with van der Waals surface area (Å²) in [7, 11) is 0. The van der Waals surface area contributed by atoms with Gasteiger partial charge >= 0.3 is 0 Å². The normalized spacial score (nSPS) is 30.0. The third kappa shape index (κ3) is 2.29. The Morgan fingerprint density at radius 2 is 2.28 bits per heavy atom. The standard InChI is InChI=1S/C18H23N5O2/c24-17-18(6-9-19-12-18)7-10-22(17)23-13-4-3-8-20-15(13)16(21-23)14-5-1-2-11-25-14/h3-4,8,14,19H,1-2,5-7,9-12H2/t14?,18-/m0/s1. The van der Waals surface area contributed by atoms with Gasteiger partial charge in [-0.15, -0.1) is 0 Å². The maximum atomic E-state index is 13.1. The summed E-state index contributed by atoms with van der Waals surface area (Å²) in [5.41, 5.74) is 2.37. The first-order chi connectivity index (χ1) is 12.3. The molecule has 0 bridgehead atoms. The molecular formula is C18H23N5O2. The summed E-state index contributed by atoms with van der Waals surface area (Å²) < 4.78 is 5.94. The van der Waals surface area contributed by atoms with Gasteiger partial charge in [0.1, 0.15) is 22.8 Å². The lowest BCUT2D eigenvalue weighted by molar-refractivity contribution is -0.126. The maximum absolute atomic E-state index is 13.1. The number of ether oxygens (including phenoxy) is 1. The minimum Gasteiger partial charge on any atom is -0.372 e. The number of fused-ring (bicyclic) bond motifs is 1. The Labute approximate surface area is 146 Å². The third-order valence-electron chi connectivity index (χ3n) is 5.89. The van der Waals surface area contributed by atoms with E-state index in [0.717, 1.165) is 68.5 Å². The second kappa shape index (κ2) is 5.78. The minimum absolute atomic E-state index is 0.0211. The fraction of sp³-hybridized carbons (Fsp3) is 0.611. The molecule has 7 nitrogen and oxygen atoms in total. The summed E-state index contributed by atoms with van der Waals surface area (Å²) in [6.07, 6.45) is 6.77. The molecule has 1 unspecified atom stereocenters. The van der Waals surface area contributed by atoms with Crippen LogP contribution in [-0.2, 0) is 9.53 Å². The zero-order valence-corrected chi connectivity index (χ0v) is 14.3. The van der Waals surface area contributed by atoms with Crippen LogP contribution in [0.15, 0.2) is 18.3 Å². The Bertz CT molecular complexity index is 805. The van der Waals surface area contributed by atoms with Gasteiger partial charge in [-0.3, -0.25) is 9.78 Å². The van der Waals surface area contributed by atoms with Crippen LogP contribution in [-0.4, -0.2) is 47.0 Å². The molecule has 3 saturated heterocycles. The molecule has 1 N–H and O–H groups in total. The van der Waals surface area contributed by atoms with Crippen molar-refractivity contribution in [2.45, 2.75) is 38.2 Å². The number of carbonyl (C=O) groups is 1. The van der Waals surface area contributed by atoms with E-state index in [0.29, 0.717) is 6.54 Å². The Balaban J connectivity index is 1.56. The van der Waals surface area contributed by atoms with Crippen molar-refractivity contribution in [1.82, 2.24) is 20.2 Å². The highest BCUT2D eigenvalue weighted by molar-refractivity contribution is 5.95. The smallest absolute Gasteiger partial charge is 0.250 e. The quantitative estimate of drug-likeness (QED) is 0.897. The molecule has 0 aromatic carbocycles. The molecule has 2 aromatic heterocycles. The van der Waals surface area contributed by atoms with Crippen molar-refractivity contribution in [2.75, 3.05) is 31.3 Å². The van der Waals surface area contributed by atoms with Crippen LogP contribution in [0, 0.1) is 5.41 Å². The second-order valence-corrected chi connectivity index (χ2v) is 7.39. The number of carbonyl (C=O) groups excluding carboxylic acids is 1. The predicted octanol–water partition coefficient (Wildman–Crippen LogP) is 1.52. The van der Waals surface area contributed by atoms with E-state index in [4.69, 9.17) is 9.84 Å². The van der Waals surface area contributed by atoms with Crippen molar-refractivity contribution in [3.8, 4) is 0 Å². The molecule has 2 atom stereocenters. The average Bonchev–Trinajstić information content (AvgIpc) is 3.36. The summed E-state index contributed by atoms with van der Waals surface area (Å²) in [6, 6.07) is 3.90. The fourth-order valence-corrected chi connectivity index (χ4v) is 4.44. The summed E-state index contributed by atoms with van der Waals surface area (Å²) in [5.74, 6) is 0.182. The number of nitrogens with one attached hydrogen (secondary N) is 1. The predicted molar refractivity (Wildman–Crippen MR) is 92.7 cm³/mol. The van der Waals surface area contributed by atoms with Gasteiger partial charge in [-0.1, -0.05) is 0 Å². The molecule has 3 aliphatic heterocycles. The largest absolute Gasteiger partial charge is 0.372 e. The Kier molecular flexibility index (Phi) is 3.53. The van der Waals surface area contributed by atoms with Gasteiger partial charge in [0.2, 0.25) is 5.91 Å². The molecule has 2 aromatic rings. The van der Waals surface area contributed by atoms with E-state index in [9.17, 15) is 4.79 Å². The molecule has 1 spiro atoms. The first-order valence-corrected chi connectivity index (χ1v) is 9.27. The molecule has 5 heterocycles. The molecule has 0 radical (unpaired) electrons. The average molecular weight is 341 g/mol. The number of aromatic nitrogens is 3. The molecule has 0 aliphatic carbocycles. The van der Waals surface area contributed by atoms with Crippen LogP contribution in [0.5, 0.6) is 0 Å². The summed E-state index contributed by atoms with van der Waals surface area (Å²) in [6.45, 7) is 3.17. The van der Waals surface area contributed by atoms with E-state index in [1.165, 1.54) is 0 Å². The molecule has 1 amide bonds. The highest BCUT2D eigenvalue weighted by Gasteiger charge is 2.49. The van der Waals surface area contributed by atoms with Crippen molar-refractivity contribution >= 4 is 16.9 Å². The number of amides is 1. The van der Waals surface area contributed by atoms with E-state index in [-0.39, 0.29) is 17.4 Å². The van der Waals surface area contributed by atoms with Crippen LogP contribution in [0.4, 0.5) is 0 Å². The summed E-state index contributed by atoms with van der Waals surface area (Å²) in [5, 5.41) is 9.96. The van der Waals surface area contributed by atoms with Gasteiger partial charge in [0.15, 0.2) is 0 Å². The number of hydrogen-bond acceptors (Lipinski definition) is 5. The fourth-order valence-electron chi connectivity index (χ4n) is 4.44. The molecule has 3 aliphatic rings. The van der Waals surface area contributed by atoms with Gasteiger partial charge in [0.05, 0.1) is 5.41 Å². The minimum atomic E-state index is -0.248. The van der Waals surface area contributed by atoms with Crippen molar-refractivity contribution < 1.29 is 9.53 Å². The number of pyridine rings is 1. The molecular weight excluding hydrogens is 318 g/mol. The lowest BCUT2D eigenvalue weighted by Crippen LogP contribution is -2.42. The van der Waals surface area contributed by atoms with Crippen LogP contribution in [0.25, 0.3) is 11.0 Å². The van der Waals surface area contributed by atoms with E-state index in [1.54, 1.807) is 11.0 Å². The van der Waals surface area contributed by atoms with E-state index >= 15 is 0 Å². The monoisotopic (exact) mass is 341 g/mol. The SMILES string of the molecule is O=C1N(n2nc(C3CCCCO3)c3ncccc32)CC[C@]12CCNC2. The van der Waals surface area contributed by atoms with Gasteiger partial charge in [-0.05, 0) is 50.8 Å². The van der Waals surface area contributed by atoms with Crippen molar-refractivity contribution in [3.05, 3.63) is 24.0 Å². The van der Waals surface area contributed by atoms with Crippen molar-refractivity contribution in [1.29, 1.82) is 0 Å². The van der Waals surface area contributed by atoms with Crippen LogP contribution >= 0.6 is 0 Å². The number of nitrogens with zero attached hydrogens (tertiary/aromatic N) is 4. The molecule has 0 saturated carbocycles. The van der Waals surface area contributed by atoms with E-state index < -0.39 is 0 Å². The van der Waals surface area contributed by atoms with E-state index in [2.05, 4.69) is 10.3 Å². The molecule has 3 fully saturated rings. The molecule has 25 heavy (non-hydrogen) atoms. The summed E-state index contributed by atoms with van der Waals surface area (Å²) in [4.78, 5) is 19.5. The van der Waals surface area contributed by atoms with Gasteiger partial charge in [-0.25, -0.2) is 5.01 Å². The van der Waals surface area contributed by atoms with Crippen LogP contribution in [0.1, 0.15) is 43.9 Å². The Morgan fingerprint density at radius 3 is 3.08 bits per heavy atom. The van der Waals surface area contributed by atoms with E-state index in [1.807, 2.05) is 17.1 Å². The van der Waals surface area contributed by atoms with Gasteiger partial charge in [0.25, 0.3) is 0 Å². The zero-order valence-electron chi connectivity index (χ0n) is 14.3. The lowest BCUT2D eigenvalue weighted by Gasteiger charge is -2.22. The van der Waals surface area contributed by atoms with Crippen molar-refractivity contribution in [3.63, 3.8) is 0 Å². The third-order valence-corrected chi connectivity index (χ3v) is 5.89. The van der Waals surface area contributed by atoms with Crippen molar-refractivity contribution in [2.24, 2.45) is 5.41 Å². The van der Waals surface area contributed by atoms with Gasteiger partial charge in [-0.2, -0.15) is 9.89 Å². The zero-order chi connectivity index (χ0) is 16.9. The number of rotatable bonds is 2. The molecule has 5 rings (SSSR count). The highest BCUT2D eigenvalue weighted by atomic mass is 16.5. The maximum Gasteiger partial charge on any atom is 0.250 e. The highest BCUT2D eigenvalue weighted by Crippen LogP contribution is 2.38. The molecule has 132 valence electrons. The van der Waals surface area contributed by atoms with Gasteiger partial charge in [0, 0.05) is 25.9 Å². The first kappa shape index (κ1) is 15.3. The Hall–Kier alpha value is -1.99. The Morgan fingerprint density at radius 1 is 1.32 bits per heavy atom. The van der Waals surface area contributed by atoms with Gasteiger partial charge < -0.3 is 10.1 Å². The first-order valence-electron chi connectivity index (χ1n) is 9.27. The number of hydrogen-bond donors (Lipinski definition) is 1. The summed E-state index contributed by atoms with van der Waals surface area (Å²) >= 11 is 0. The topological polar surface area (TPSA) is 72.3 Å². The van der Waals surface area contributed by atoms with Crippen LogP contribution < -0.4 is 10.3 Å². The molecule has 7 heteroatoms. The second-order valence-electron chi connectivity index (χ2n) is 7.39. The van der Waals surface area contributed by atoms with Crippen LogP contribution in [0.3, 0.4) is 0 Å².